The molecule has 0 aliphatic heterocycles. The number of hydrogen-bond donors (Lipinski definition) is 1. The zero-order valence-electron chi connectivity index (χ0n) is 13.1. The second kappa shape index (κ2) is 9.62. The van der Waals surface area contributed by atoms with Gasteiger partial charge in [-0.25, -0.2) is 0 Å². The molecule has 0 fully saturated rings. The van der Waals surface area contributed by atoms with E-state index in [4.69, 9.17) is 10.00 Å². The molecule has 4 nitrogen and oxygen atoms in total. The van der Waals surface area contributed by atoms with Gasteiger partial charge in [-0.05, 0) is 17.7 Å². The van der Waals surface area contributed by atoms with Crippen LogP contribution in [0.4, 0.5) is 0 Å². The molecule has 0 aliphatic rings. The molecule has 0 heterocycles. The Morgan fingerprint density at radius 3 is 2.35 bits per heavy atom. The zero-order valence-corrected chi connectivity index (χ0v) is 13.1. The Morgan fingerprint density at radius 1 is 1.04 bits per heavy atom. The fourth-order valence-electron chi connectivity index (χ4n) is 2.34. The van der Waals surface area contributed by atoms with Gasteiger partial charge in [-0.3, -0.25) is 4.90 Å². The van der Waals surface area contributed by atoms with Crippen LogP contribution in [0.2, 0.25) is 0 Å². The number of aliphatic hydroxyl groups excluding tert-OH is 1. The van der Waals surface area contributed by atoms with E-state index in [0.717, 1.165) is 5.75 Å². The summed E-state index contributed by atoms with van der Waals surface area (Å²) in [5, 5.41) is 19.0. The molecule has 1 N–H and O–H groups in total. The number of aliphatic hydroxyl groups is 1. The maximum Gasteiger partial charge on any atom is 0.119 e. The second-order valence-electron chi connectivity index (χ2n) is 5.41. The Morgan fingerprint density at radius 2 is 1.70 bits per heavy atom. The van der Waals surface area contributed by atoms with Crippen molar-refractivity contribution in [2.75, 3.05) is 19.7 Å². The van der Waals surface area contributed by atoms with Crippen molar-refractivity contribution in [3.63, 3.8) is 0 Å². The molecule has 0 amide bonds. The quantitative estimate of drug-likeness (QED) is 0.774. The van der Waals surface area contributed by atoms with Gasteiger partial charge in [-0.2, -0.15) is 5.26 Å². The van der Waals surface area contributed by atoms with E-state index in [1.54, 1.807) is 0 Å². The van der Waals surface area contributed by atoms with Gasteiger partial charge in [0.25, 0.3) is 0 Å². The van der Waals surface area contributed by atoms with Crippen LogP contribution in [0.3, 0.4) is 0 Å². The molecule has 0 radical (unpaired) electrons. The monoisotopic (exact) mass is 310 g/mol. The number of hydrogen-bond acceptors (Lipinski definition) is 4. The third kappa shape index (κ3) is 6.52. The van der Waals surface area contributed by atoms with Crippen LogP contribution >= 0.6 is 0 Å². The molecule has 0 saturated heterocycles. The van der Waals surface area contributed by atoms with Crippen LogP contribution in [-0.4, -0.2) is 35.8 Å². The summed E-state index contributed by atoms with van der Waals surface area (Å²) in [6.45, 7) is 2.06. The third-order valence-electron chi connectivity index (χ3n) is 3.44. The molecule has 0 saturated carbocycles. The maximum absolute atomic E-state index is 10.2. The van der Waals surface area contributed by atoms with Crippen molar-refractivity contribution in [1.82, 2.24) is 4.90 Å². The predicted molar refractivity (Wildman–Crippen MR) is 89.9 cm³/mol. The average molecular weight is 310 g/mol. The Bertz CT molecular complexity index is 596. The van der Waals surface area contributed by atoms with Gasteiger partial charge in [0, 0.05) is 26.1 Å². The Hall–Kier alpha value is -2.35. The van der Waals surface area contributed by atoms with E-state index in [2.05, 4.69) is 11.0 Å². The number of para-hydroxylation sites is 1. The Balaban J connectivity index is 1.85. The lowest BCUT2D eigenvalue weighted by atomic mass is 10.2. The van der Waals surface area contributed by atoms with E-state index < -0.39 is 6.10 Å². The third-order valence-corrected chi connectivity index (χ3v) is 3.44. The van der Waals surface area contributed by atoms with Gasteiger partial charge in [0.05, 0.1) is 6.07 Å². The first-order chi connectivity index (χ1) is 11.3. The number of nitriles is 1. The SMILES string of the molecule is N#CCCN(Cc1ccccc1)CC(O)COc1ccccc1. The zero-order chi connectivity index (χ0) is 16.3. The predicted octanol–water partition coefficient (Wildman–Crippen LogP) is 2.84. The van der Waals surface area contributed by atoms with E-state index in [0.29, 0.717) is 26.1 Å². The lowest BCUT2D eigenvalue weighted by Gasteiger charge is -2.24. The summed E-state index contributed by atoms with van der Waals surface area (Å²) in [6, 6.07) is 21.7. The van der Waals surface area contributed by atoms with Crippen molar-refractivity contribution in [3.8, 4) is 11.8 Å². The molecule has 120 valence electrons. The van der Waals surface area contributed by atoms with Gasteiger partial charge in [0.2, 0.25) is 0 Å². The van der Waals surface area contributed by atoms with Gasteiger partial charge in [0.1, 0.15) is 18.5 Å². The highest BCUT2D eigenvalue weighted by molar-refractivity contribution is 5.21. The number of rotatable bonds is 9. The van der Waals surface area contributed by atoms with Crippen LogP contribution in [-0.2, 0) is 6.54 Å². The van der Waals surface area contributed by atoms with Gasteiger partial charge in [-0.15, -0.1) is 0 Å². The lowest BCUT2D eigenvalue weighted by molar-refractivity contribution is 0.0663. The molecule has 23 heavy (non-hydrogen) atoms. The summed E-state index contributed by atoms with van der Waals surface area (Å²) in [5.74, 6) is 0.748. The molecule has 2 aromatic carbocycles. The molecule has 0 aromatic heterocycles. The van der Waals surface area contributed by atoms with Crippen molar-refractivity contribution in [2.24, 2.45) is 0 Å². The minimum absolute atomic E-state index is 0.238. The second-order valence-corrected chi connectivity index (χ2v) is 5.41. The van der Waals surface area contributed by atoms with Gasteiger partial charge >= 0.3 is 0 Å². The van der Waals surface area contributed by atoms with Crippen LogP contribution < -0.4 is 4.74 Å². The van der Waals surface area contributed by atoms with Crippen LogP contribution in [0.25, 0.3) is 0 Å². The molecule has 0 bridgehead atoms. The first kappa shape index (κ1) is 17.0. The highest BCUT2D eigenvalue weighted by Gasteiger charge is 2.13. The average Bonchev–Trinajstić information content (AvgIpc) is 2.60. The number of benzene rings is 2. The van der Waals surface area contributed by atoms with E-state index in [-0.39, 0.29) is 6.61 Å². The summed E-state index contributed by atoms with van der Waals surface area (Å²) in [7, 11) is 0. The van der Waals surface area contributed by atoms with Crippen LogP contribution in [0, 0.1) is 11.3 Å². The fraction of sp³-hybridized carbons (Fsp3) is 0.316. The first-order valence-electron chi connectivity index (χ1n) is 7.77. The largest absolute Gasteiger partial charge is 0.491 e. The topological polar surface area (TPSA) is 56.5 Å². The van der Waals surface area contributed by atoms with E-state index in [9.17, 15) is 5.11 Å². The summed E-state index contributed by atoms with van der Waals surface area (Å²) in [4.78, 5) is 2.08. The Labute approximate surface area is 137 Å². The molecule has 1 atom stereocenters. The number of nitrogens with zero attached hydrogens (tertiary/aromatic N) is 2. The minimum atomic E-state index is -0.599. The minimum Gasteiger partial charge on any atom is -0.491 e. The highest BCUT2D eigenvalue weighted by Crippen LogP contribution is 2.10. The fourth-order valence-corrected chi connectivity index (χ4v) is 2.34. The van der Waals surface area contributed by atoms with Crippen molar-refractivity contribution in [3.05, 3.63) is 66.2 Å². The first-order valence-corrected chi connectivity index (χ1v) is 7.77. The van der Waals surface area contributed by atoms with Crippen molar-refractivity contribution < 1.29 is 9.84 Å². The van der Waals surface area contributed by atoms with Gasteiger partial charge in [-0.1, -0.05) is 48.5 Å². The lowest BCUT2D eigenvalue weighted by Crippen LogP contribution is -2.35. The molecule has 2 aromatic rings. The van der Waals surface area contributed by atoms with E-state index in [1.165, 1.54) is 5.56 Å². The molecular formula is C19H22N2O2. The molecule has 1 unspecified atom stereocenters. The van der Waals surface area contributed by atoms with E-state index in [1.807, 2.05) is 60.7 Å². The summed E-state index contributed by atoms with van der Waals surface area (Å²) >= 11 is 0. The molecule has 0 aliphatic carbocycles. The summed E-state index contributed by atoms with van der Waals surface area (Å²) < 4.78 is 5.58. The van der Waals surface area contributed by atoms with Crippen molar-refractivity contribution >= 4 is 0 Å². The molecule has 0 spiro atoms. The highest BCUT2D eigenvalue weighted by atomic mass is 16.5. The maximum atomic E-state index is 10.2. The van der Waals surface area contributed by atoms with Crippen LogP contribution in [0.5, 0.6) is 5.75 Å². The molecule has 2 rings (SSSR count). The number of ether oxygens (including phenoxy) is 1. The van der Waals surface area contributed by atoms with Crippen molar-refractivity contribution in [1.29, 1.82) is 5.26 Å². The van der Waals surface area contributed by atoms with Crippen LogP contribution in [0.1, 0.15) is 12.0 Å². The van der Waals surface area contributed by atoms with E-state index >= 15 is 0 Å². The normalized spacial score (nSPS) is 11.9. The summed E-state index contributed by atoms with van der Waals surface area (Å²) in [6.07, 6.45) is -0.156. The van der Waals surface area contributed by atoms with Gasteiger partial charge in [0.15, 0.2) is 0 Å². The standard InChI is InChI=1S/C19H22N2O2/c20-12-7-13-21(14-17-8-3-1-4-9-17)15-18(22)16-23-19-10-5-2-6-11-19/h1-6,8-11,18,22H,7,13-16H2. The summed E-state index contributed by atoms with van der Waals surface area (Å²) in [5.41, 5.74) is 1.17. The molecule has 4 heteroatoms. The van der Waals surface area contributed by atoms with Gasteiger partial charge < -0.3 is 9.84 Å². The smallest absolute Gasteiger partial charge is 0.119 e. The Kier molecular flexibility index (Phi) is 7.12. The van der Waals surface area contributed by atoms with Crippen molar-refractivity contribution in [2.45, 2.75) is 19.1 Å². The van der Waals surface area contributed by atoms with Crippen LogP contribution in [0.15, 0.2) is 60.7 Å². The molecular weight excluding hydrogens is 288 g/mol.